The molecule has 2 nitrogen and oxygen atoms in total. The van der Waals surface area contributed by atoms with Crippen molar-refractivity contribution in [1.82, 2.24) is 0 Å². The van der Waals surface area contributed by atoms with Crippen molar-refractivity contribution in [3.05, 3.63) is 0 Å². The molecule has 0 heterocycles. The van der Waals surface area contributed by atoms with Gasteiger partial charge < -0.3 is 10.5 Å². The van der Waals surface area contributed by atoms with Crippen LogP contribution in [0.4, 0.5) is 0 Å². The fourth-order valence-corrected chi connectivity index (χ4v) is 2.96. The van der Waals surface area contributed by atoms with Gasteiger partial charge in [0.25, 0.3) is 0 Å². The van der Waals surface area contributed by atoms with Crippen molar-refractivity contribution < 1.29 is 4.74 Å². The zero-order valence-corrected chi connectivity index (χ0v) is 13.0. The predicted octanol–water partition coefficient (Wildman–Crippen LogP) is 3.84. The van der Waals surface area contributed by atoms with E-state index in [-0.39, 0.29) is 0 Å². The molecular weight excluding hydrogens is 222 g/mol. The Bertz CT molecular complexity index is 232. The van der Waals surface area contributed by atoms with Gasteiger partial charge in [0.15, 0.2) is 0 Å². The summed E-state index contributed by atoms with van der Waals surface area (Å²) in [6.45, 7) is 13.2. The average Bonchev–Trinajstić information content (AvgIpc) is 2.24. The largest absolute Gasteiger partial charge is 0.381 e. The third kappa shape index (κ3) is 5.27. The summed E-state index contributed by atoms with van der Waals surface area (Å²) < 4.78 is 5.71. The molecule has 3 atom stereocenters. The van der Waals surface area contributed by atoms with Crippen LogP contribution in [0.25, 0.3) is 0 Å². The minimum absolute atomic E-state index is 0.395. The molecule has 1 rings (SSSR count). The second-order valence-corrected chi connectivity index (χ2v) is 7.56. The van der Waals surface area contributed by atoms with Gasteiger partial charge in [0.2, 0.25) is 0 Å². The Balaban J connectivity index is 2.34. The van der Waals surface area contributed by atoms with Crippen LogP contribution >= 0.6 is 0 Å². The van der Waals surface area contributed by atoms with Crippen LogP contribution in [-0.4, -0.2) is 19.3 Å². The standard InChI is InChI=1S/C16H33NO/c1-12(2)11-18-9-8-13-10-14(16(3,4)5)6-7-15(13)17/h12-15H,6-11,17H2,1-5H3. The monoisotopic (exact) mass is 255 g/mol. The summed E-state index contributed by atoms with van der Waals surface area (Å²) in [5.74, 6) is 2.12. The molecule has 0 aliphatic heterocycles. The van der Waals surface area contributed by atoms with Crippen LogP contribution in [0.5, 0.6) is 0 Å². The highest BCUT2D eigenvalue weighted by Gasteiger charge is 2.33. The van der Waals surface area contributed by atoms with E-state index in [0.717, 1.165) is 25.6 Å². The SMILES string of the molecule is CC(C)COCCC1CC(C(C)(C)C)CCC1N. The zero-order valence-electron chi connectivity index (χ0n) is 13.0. The van der Waals surface area contributed by atoms with E-state index in [1.807, 2.05) is 0 Å². The molecule has 1 saturated carbocycles. The van der Waals surface area contributed by atoms with Crippen LogP contribution < -0.4 is 5.73 Å². The Kier molecular flexibility index (Phi) is 6.13. The Labute approximate surface area is 114 Å². The molecular formula is C16H33NO. The fourth-order valence-electron chi connectivity index (χ4n) is 2.96. The van der Waals surface area contributed by atoms with Gasteiger partial charge in [0.1, 0.15) is 0 Å². The molecule has 0 aromatic rings. The van der Waals surface area contributed by atoms with Crippen LogP contribution in [0.3, 0.4) is 0 Å². The molecule has 0 aromatic heterocycles. The van der Waals surface area contributed by atoms with E-state index >= 15 is 0 Å². The maximum Gasteiger partial charge on any atom is 0.0488 e. The summed E-state index contributed by atoms with van der Waals surface area (Å²) in [5, 5.41) is 0. The summed E-state index contributed by atoms with van der Waals surface area (Å²) in [4.78, 5) is 0. The van der Waals surface area contributed by atoms with E-state index in [1.54, 1.807) is 0 Å². The first kappa shape index (κ1) is 16.0. The van der Waals surface area contributed by atoms with Crippen molar-refractivity contribution in [3.63, 3.8) is 0 Å². The summed E-state index contributed by atoms with van der Waals surface area (Å²) >= 11 is 0. The molecule has 0 spiro atoms. The molecule has 108 valence electrons. The molecule has 1 fully saturated rings. The van der Waals surface area contributed by atoms with Crippen molar-refractivity contribution in [2.24, 2.45) is 28.9 Å². The third-order valence-electron chi connectivity index (χ3n) is 4.35. The first-order chi connectivity index (χ1) is 8.30. The van der Waals surface area contributed by atoms with Crippen LogP contribution in [0.1, 0.15) is 60.3 Å². The predicted molar refractivity (Wildman–Crippen MR) is 78.5 cm³/mol. The van der Waals surface area contributed by atoms with Gasteiger partial charge in [-0.2, -0.15) is 0 Å². The maximum absolute atomic E-state index is 6.27. The summed E-state index contributed by atoms with van der Waals surface area (Å²) in [6, 6.07) is 0.395. The lowest BCUT2D eigenvalue weighted by atomic mass is 9.67. The van der Waals surface area contributed by atoms with Crippen molar-refractivity contribution in [1.29, 1.82) is 0 Å². The molecule has 0 bridgehead atoms. The van der Waals surface area contributed by atoms with E-state index < -0.39 is 0 Å². The smallest absolute Gasteiger partial charge is 0.0488 e. The molecule has 2 heteroatoms. The lowest BCUT2D eigenvalue weighted by Gasteiger charge is -2.40. The minimum atomic E-state index is 0.395. The van der Waals surface area contributed by atoms with Gasteiger partial charge in [-0.05, 0) is 48.9 Å². The Hall–Kier alpha value is -0.0800. The lowest BCUT2D eigenvalue weighted by Crippen LogP contribution is -2.40. The van der Waals surface area contributed by atoms with E-state index in [4.69, 9.17) is 10.5 Å². The molecule has 18 heavy (non-hydrogen) atoms. The number of nitrogens with two attached hydrogens (primary N) is 1. The molecule has 1 aliphatic carbocycles. The maximum atomic E-state index is 6.27. The summed E-state index contributed by atoms with van der Waals surface area (Å²) in [6.07, 6.45) is 4.92. The molecule has 2 N–H and O–H groups in total. The normalized spacial score (nSPS) is 29.8. The number of hydrogen-bond acceptors (Lipinski definition) is 2. The Morgan fingerprint density at radius 2 is 1.89 bits per heavy atom. The number of ether oxygens (including phenoxy) is 1. The van der Waals surface area contributed by atoms with Crippen molar-refractivity contribution in [2.75, 3.05) is 13.2 Å². The fraction of sp³-hybridized carbons (Fsp3) is 1.00. The molecule has 0 saturated heterocycles. The molecule has 0 amide bonds. The average molecular weight is 255 g/mol. The highest BCUT2D eigenvalue weighted by atomic mass is 16.5. The van der Waals surface area contributed by atoms with Crippen LogP contribution in [0, 0.1) is 23.2 Å². The highest BCUT2D eigenvalue weighted by Crippen LogP contribution is 2.40. The van der Waals surface area contributed by atoms with Gasteiger partial charge in [-0.25, -0.2) is 0 Å². The lowest BCUT2D eigenvalue weighted by molar-refractivity contribution is 0.0692. The van der Waals surface area contributed by atoms with Gasteiger partial charge in [-0.15, -0.1) is 0 Å². The number of hydrogen-bond donors (Lipinski definition) is 1. The van der Waals surface area contributed by atoms with E-state index in [1.165, 1.54) is 19.3 Å². The van der Waals surface area contributed by atoms with Gasteiger partial charge in [-0.3, -0.25) is 0 Å². The molecule has 0 aromatic carbocycles. The van der Waals surface area contributed by atoms with Crippen molar-refractivity contribution in [2.45, 2.75) is 66.3 Å². The van der Waals surface area contributed by atoms with Crippen LogP contribution in [0.2, 0.25) is 0 Å². The first-order valence-electron chi connectivity index (χ1n) is 7.64. The summed E-state index contributed by atoms with van der Waals surface area (Å²) in [5.41, 5.74) is 6.70. The zero-order chi connectivity index (χ0) is 13.8. The van der Waals surface area contributed by atoms with Crippen LogP contribution in [0.15, 0.2) is 0 Å². The topological polar surface area (TPSA) is 35.2 Å². The molecule has 3 unspecified atom stereocenters. The quantitative estimate of drug-likeness (QED) is 0.758. The van der Waals surface area contributed by atoms with E-state index in [2.05, 4.69) is 34.6 Å². The highest BCUT2D eigenvalue weighted by molar-refractivity contribution is 4.87. The Morgan fingerprint density at radius 1 is 1.22 bits per heavy atom. The van der Waals surface area contributed by atoms with Gasteiger partial charge in [0.05, 0.1) is 0 Å². The van der Waals surface area contributed by atoms with Gasteiger partial charge >= 0.3 is 0 Å². The minimum Gasteiger partial charge on any atom is -0.381 e. The molecule has 0 radical (unpaired) electrons. The van der Waals surface area contributed by atoms with Crippen molar-refractivity contribution in [3.8, 4) is 0 Å². The van der Waals surface area contributed by atoms with Gasteiger partial charge in [-0.1, -0.05) is 34.6 Å². The Morgan fingerprint density at radius 3 is 2.44 bits per heavy atom. The van der Waals surface area contributed by atoms with E-state index in [9.17, 15) is 0 Å². The first-order valence-corrected chi connectivity index (χ1v) is 7.64. The summed E-state index contributed by atoms with van der Waals surface area (Å²) in [7, 11) is 0. The molecule has 1 aliphatic rings. The second kappa shape index (κ2) is 6.91. The van der Waals surface area contributed by atoms with Crippen LogP contribution in [-0.2, 0) is 4.74 Å². The third-order valence-corrected chi connectivity index (χ3v) is 4.35. The number of rotatable bonds is 5. The van der Waals surface area contributed by atoms with Crippen molar-refractivity contribution >= 4 is 0 Å². The van der Waals surface area contributed by atoms with Gasteiger partial charge in [0, 0.05) is 19.3 Å². The second-order valence-electron chi connectivity index (χ2n) is 7.56. The van der Waals surface area contributed by atoms with E-state index in [0.29, 0.717) is 23.3 Å².